The van der Waals surface area contributed by atoms with Gasteiger partial charge >= 0.3 is 0 Å². The Morgan fingerprint density at radius 1 is 1.41 bits per heavy atom. The van der Waals surface area contributed by atoms with Crippen molar-refractivity contribution in [1.82, 2.24) is 5.32 Å². The monoisotopic (exact) mass is 253 g/mol. The second-order valence-electron chi connectivity index (χ2n) is 4.98. The molecule has 0 amide bonds. The lowest BCUT2D eigenvalue weighted by molar-refractivity contribution is 0.171. The van der Waals surface area contributed by atoms with Crippen molar-refractivity contribution in [2.75, 3.05) is 20.3 Å². The summed E-state index contributed by atoms with van der Waals surface area (Å²) in [5.41, 5.74) is 1.76. The highest BCUT2D eigenvalue weighted by atomic mass is 35.5. The molecule has 1 aromatic rings. The third-order valence-electron chi connectivity index (χ3n) is 3.51. The molecule has 2 rings (SSSR count). The smallest absolute Gasteiger partial charge is 0.0468 e. The van der Waals surface area contributed by atoms with Gasteiger partial charge in [0.15, 0.2) is 0 Å². The summed E-state index contributed by atoms with van der Waals surface area (Å²) in [6.07, 6.45) is 3.84. The predicted octanol–water partition coefficient (Wildman–Crippen LogP) is 3.25. The largest absolute Gasteiger partial charge is 0.385 e. The van der Waals surface area contributed by atoms with Gasteiger partial charge in [-0.2, -0.15) is 0 Å². The molecular formula is C14H20ClNO. The lowest BCUT2D eigenvalue weighted by Gasteiger charge is -2.15. The van der Waals surface area contributed by atoms with Crippen LogP contribution < -0.4 is 5.32 Å². The first-order valence-electron chi connectivity index (χ1n) is 6.18. The fraction of sp³-hybridized carbons (Fsp3) is 0.571. The summed E-state index contributed by atoms with van der Waals surface area (Å²) in [5, 5.41) is 4.34. The maximum Gasteiger partial charge on any atom is 0.0468 e. The summed E-state index contributed by atoms with van der Waals surface area (Å²) in [5.74, 6) is 0. The van der Waals surface area contributed by atoms with E-state index in [4.69, 9.17) is 16.3 Å². The van der Waals surface area contributed by atoms with Gasteiger partial charge in [-0.05, 0) is 42.4 Å². The van der Waals surface area contributed by atoms with Gasteiger partial charge in [0, 0.05) is 31.8 Å². The van der Waals surface area contributed by atoms with Crippen LogP contribution in [0.2, 0.25) is 5.02 Å². The Bertz CT molecular complexity index is 363. The molecule has 94 valence electrons. The molecule has 3 heteroatoms. The molecule has 0 aliphatic heterocycles. The average molecular weight is 254 g/mol. The van der Waals surface area contributed by atoms with Gasteiger partial charge in [0.25, 0.3) is 0 Å². The first-order valence-corrected chi connectivity index (χ1v) is 6.56. The van der Waals surface area contributed by atoms with Crippen molar-refractivity contribution in [1.29, 1.82) is 0 Å². The number of nitrogens with one attached hydrogen (secondary N) is 1. The molecule has 1 fully saturated rings. The van der Waals surface area contributed by atoms with Gasteiger partial charge < -0.3 is 10.1 Å². The highest BCUT2D eigenvalue weighted by molar-refractivity contribution is 6.30. The first kappa shape index (κ1) is 12.9. The fourth-order valence-corrected chi connectivity index (χ4v) is 2.34. The number of hydrogen-bond acceptors (Lipinski definition) is 2. The topological polar surface area (TPSA) is 21.3 Å². The molecule has 0 radical (unpaired) electrons. The SMILES string of the molecule is COCCC1(CNCc2cccc(Cl)c2)CC1. The van der Waals surface area contributed by atoms with Gasteiger partial charge in [0.1, 0.15) is 0 Å². The second kappa shape index (κ2) is 5.85. The van der Waals surface area contributed by atoms with Crippen LogP contribution in [-0.2, 0) is 11.3 Å². The maximum absolute atomic E-state index is 5.95. The first-order chi connectivity index (χ1) is 8.24. The second-order valence-corrected chi connectivity index (χ2v) is 5.41. The van der Waals surface area contributed by atoms with E-state index in [1.54, 1.807) is 7.11 Å². The summed E-state index contributed by atoms with van der Waals surface area (Å²) in [4.78, 5) is 0. The number of ether oxygens (including phenoxy) is 1. The molecule has 17 heavy (non-hydrogen) atoms. The van der Waals surface area contributed by atoms with Crippen molar-refractivity contribution in [3.63, 3.8) is 0 Å². The van der Waals surface area contributed by atoms with Crippen molar-refractivity contribution in [3.05, 3.63) is 34.9 Å². The van der Waals surface area contributed by atoms with Crippen LogP contribution in [0.25, 0.3) is 0 Å². The van der Waals surface area contributed by atoms with E-state index in [1.807, 2.05) is 18.2 Å². The minimum Gasteiger partial charge on any atom is -0.385 e. The Hall–Kier alpha value is -0.570. The van der Waals surface area contributed by atoms with Crippen molar-refractivity contribution in [3.8, 4) is 0 Å². The van der Waals surface area contributed by atoms with Crippen molar-refractivity contribution in [2.45, 2.75) is 25.8 Å². The molecule has 0 saturated heterocycles. The molecule has 1 saturated carbocycles. The number of hydrogen-bond donors (Lipinski definition) is 1. The number of methoxy groups -OCH3 is 1. The van der Waals surface area contributed by atoms with Gasteiger partial charge in [-0.3, -0.25) is 0 Å². The van der Waals surface area contributed by atoms with Gasteiger partial charge in [0.05, 0.1) is 0 Å². The van der Waals surface area contributed by atoms with Crippen LogP contribution in [0.5, 0.6) is 0 Å². The highest BCUT2D eigenvalue weighted by Crippen LogP contribution is 2.48. The van der Waals surface area contributed by atoms with Crippen LogP contribution in [0, 0.1) is 5.41 Å². The average Bonchev–Trinajstić information content (AvgIpc) is 3.07. The Labute approximate surface area is 108 Å². The van der Waals surface area contributed by atoms with E-state index >= 15 is 0 Å². The van der Waals surface area contributed by atoms with E-state index < -0.39 is 0 Å². The zero-order valence-electron chi connectivity index (χ0n) is 10.3. The van der Waals surface area contributed by atoms with Crippen molar-refractivity contribution in [2.24, 2.45) is 5.41 Å². The lowest BCUT2D eigenvalue weighted by Crippen LogP contribution is -2.24. The van der Waals surface area contributed by atoms with Crippen molar-refractivity contribution >= 4 is 11.6 Å². The van der Waals surface area contributed by atoms with Crippen LogP contribution in [0.1, 0.15) is 24.8 Å². The van der Waals surface area contributed by atoms with Crippen LogP contribution in [0.3, 0.4) is 0 Å². The van der Waals surface area contributed by atoms with Gasteiger partial charge in [-0.1, -0.05) is 23.7 Å². The molecular weight excluding hydrogens is 234 g/mol. The third-order valence-corrected chi connectivity index (χ3v) is 3.75. The minimum atomic E-state index is 0.509. The van der Waals surface area contributed by atoms with E-state index in [0.717, 1.165) is 24.7 Å². The van der Waals surface area contributed by atoms with Crippen LogP contribution in [-0.4, -0.2) is 20.3 Å². The van der Waals surface area contributed by atoms with Gasteiger partial charge in [0.2, 0.25) is 0 Å². The van der Waals surface area contributed by atoms with E-state index in [9.17, 15) is 0 Å². The lowest BCUT2D eigenvalue weighted by atomic mass is 10.0. The van der Waals surface area contributed by atoms with Gasteiger partial charge in [-0.15, -0.1) is 0 Å². The third kappa shape index (κ3) is 3.98. The summed E-state index contributed by atoms with van der Waals surface area (Å²) in [6, 6.07) is 8.03. The summed E-state index contributed by atoms with van der Waals surface area (Å²) >= 11 is 5.95. The molecule has 1 aromatic carbocycles. The Morgan fingerprint density at radius 2 is 2.24 bits per heavy atom. The highest BCUT2D eigenvalue weighted by Gasteiger charge is 2.41. The quantitative estimate of drug-likeness (QED) is 0.806. The summed E-state index contributed by atoms with van der Waals surface area (Å²) < 4.78 is 5.15. The van der Waals surface area contributed by atoms with Crippen molar-refractivity contribution < 1.29 is 4.74 Å². The zero-order valence-corrected chi connectivity index (χ0v) is 11.1. The molecule has 0 aromatic heterocycles. The fourth-order valence-electron chi connectivity index (χ4n) is 2.13. The predicted molar refractivity (Wildman–Crippen MR) is 71.3 cm³/mol. The van der Waals surface area contributed by atoms with E-state index in [0.29, 0.717) is 5.41 Å². The van der Waals surface area contributed by atoms with Crippen LogP contribution in [0.15, 0.2) is 24.3 Å². The van der Waals surface area contributed by atoms with E-state index in [1.165, 1.54) is 24.8 Å². The Balaban J connectivity index is 1.72. The Kier molecular flexibility index (Phi) is 4.43. The number of halogens is 1. The van der Waals surface area contributed by atoms with Gasteiger partial charge in [-0.25, -0.2) is 0 Å². The normalized spacial score (nSPS) is 17.1. The van der Waals surface area contributed by atoms with E-state index in [2.05, 4.69) is 11.4 Å². The standard InChI is InChI=1S/C14H20ClNO/c1-17-8-7-14(5-6-14)11-16-10-12-3-2-4-13(15)9-12/h2-4,9,16H,5-8,10-11H2,1H3. The molecule has 1 aliphatic carbocycles. The minimum absolute atomic E-state index is 0.509. The molecule has 0 atom stereocenters. The Morgan fingerprint density at radius 3 is 2.88 bits per heavy atom. The molecule has 1 N–H and O–H groups in total. The molecule has 0 spiro atoms. The maximum atomic E-state index is 5.95. The summed E-state index contributed by atoms with van der Waals surface area (Å²) in [7, 11) is 1.77. The zero-order chi connectivity index (χ0) is 12.1. The number of rotatable bonds is 7. The molecule has 0 unspecified atom stereocenters. The van der Waals surface area contributed by atoms with E-state index in [-0.39, 0.29) is 0 Å². The van der Waals surface area contributed by atoms with Crippen LogP contribution in [0.4, 0.5) is 0 Å². The number of benzene rings is 1. The molecule has 1 aliphatic rings. The molecule has 0 bridgehead atoms. The molecule has 2 nitrogen and oxygen atoms in total. The molecule has 0 heterocycles. The van der Waals surface area contributed by atoms with Crippen LogP contribution >= 0.6 is 11.6 Å². The summed E-state index contributed by atoms with van der Waals surface area (Å²) in [6.45, 7) is 2.86.